The molecule has 0 heterocycles. The normalized spacial score (nSPS) is 12.3. The third-order valence-corrected chi connectivity index (χ3v) is 5.38. The molecule has 8 heteroatoms. The van der Waals surface area contributed by atoms with Gasteiger partial charge in [0.25, 0.3) is 5.91 Å². The zero-order chi connectivity index (χ0) is 20.0. The van der Waals surface area contributed by atoms with E-state index in [-0.39, 0.29) is 22.3 Å². The van der Waals surface area contributed by atoms with E-state index in [1.807, 2.05) is 6.92 Å². The van der Waals surface area contributed by atoms with Gasteiger partial charge in [-0.25, -0.2) is 13.1 Å². The number of hydrogen-bond acceptors (Lipinski definition) is 5. The molecule has 0 saturated carbocycles. The van der Waals surface area contributed by atoms with Crippen LogP contribution >= 0.6 is 0 Å². The van der Waals surface area contributed by atoms with Gasteiger partial charge in [-0.1, -0.05) is 19.1 Å². The van der Waals surface area contributed by atoms with E-state index in [1.54, 1.807) is 19.1 Å². The smallest absolute Gasteiger partial charge is 0.308 e. The van der Waals surface area contributed by atoms with Gasteiger partial charge < -0.3 is 10.1 Å². The van der Waals surface area contributed by atoms with Gasteiger partial charge in [-0.2, -0.15) is 0 Å². The molecule has 0 saturated heterocycles. The Morgan fingerprint density at radius 3 is 2.30 bits per heavy atom. The molecule has 0 aliphatic heterocycles. The van der Waals surface area contributed by atoms with Crippen molar-refractivity contribution in [2.45, 2.75) is 38.1 Å². The highest BCUT2D eigenvalue weighted by Crippen LogP contribution is 2.21. The van der Waals surface area contributed by atoms with Crippen LogP contribution in [0.15, 0.2) is 53.4 Å². The van der Waals surface area contributed by atoms with E-state index in [9.17, 15) is 18.0 Å². The summed E-state index contributed by atoms with van der Waals surface area (Å²) in [6, 6.07) is 12.0. The van der Waals surface area contributed by atoms with Gasteiger partial charge in [-0.3, -0.25) is 9.59 Å². The summed E-state index contributed by atoms with van der Waals surface area (Å²) in [5.41, 5.74) is 0.614. The van der Waals surface area contributed by atoms with E-state index in [2.05, 4.69) is 10.0 Å². The maximum atomic E-state index is 12.4. The van der Waals surface area contributed by atoms with Crippen LogP contribution < -0.4 is 14.8 Å². The molecule has 0 aliphatic carbocycles. The third kappa shape index (κ3) is 5.63. The van der Waals surface area contributed by atoms with E-state index in [0.717, 1.165) is 0 Å². The van der Waals surface area contributed by atoms with E-state index in [4.69, 9.17) is 4.74 Å². The highest BCUT2D eigenvalue weighted by atomic mass is 32.2. The standard InChI is InChI=1S/C19H22N2O5S/c1-4-13(2)21-27(24,25)16-11-9-15(10-12-16)20-19(23)17-7-5-6-8-18(17)26-14(3)22/h5-13,21H,4H2,1-3H3,(H,20,23). The molecule has 0 aromatic heterocycles. The van der Waals surface area contributed by atoms with Crippen molar-refractivity contribution >= 4 is 27.6 Å². The van der Waals surface area contributed by atoms with Crippen LogP contribution in [0.1, 0.15) is 37.6 Å². The summed E-state index contributed by atoms with van der Waals surface area (Å²) in [7, 11) is -3.61. The number of amides is 1. The number of anilines is 1. The minimum atomic E-state index is -3.61. The molecular formula is C19H22N2O5S. The molecule has 2 aromatic rings. The lowest BCUT2D eigenvalue weighted by Gasteiger charge is -2.13. The van der Waals surface area contributed by atoms with Gasteiger partial charge in [0.05, 0.1) is 10.5 Å². The van der Waals surface area contributed by atoms with Gasteiger partial charge in [0.1, 0.15) is 5.75 Å². The topological polar surface area (TPSA) is 102 Å². The quantitative estimate of drug-likeness (QED) is 0.559. The number of nitrogens with one attached hydrogen (secondary N) is 2. The van der Waals surface area contributed by atoms with E-state index >= 15 is 0 Å². The Morgan fingerprint density at radius 2 is 1.70 bits per heavy atom. The predicted octanol–water partition coefficient (Wildman–Crippen LogP) is 2.94. The maximum absolute atomic E-state index is 12.4. The number of carbonyl (C=O) groups excluding carboxylic acids is 2. The Hall–Kier alpha value is -2.71. The van der Waals surface area contributed by atoms with Crippen LogP contribution in [0.3, 0.4) is 0 Å². The second-order valence-electron chi connectivity index (χ2n) is 6.00. The molecule has 2 N–H and O–H groups in total. The van der Waals surface area contributed by atoms with Gasteiger partial charge in [0, 0.05) is 18.7 Å². The van der Waals surface area contributed by atoms with Crippen LogP contribution in [0.25, 0.3) is 0 Å². The number of esters is 1. The first kappa shape index (κ1) is 20.6. The zero-order valence-corrected chi connectivity index (χ0v) is 16.2. The fourth-order valence-corrected chi connectivity index (χ4v) is 3.56. The monoisotopic (exact) mass is 390 g/mol. The lowest BCUT2D eigenvalue weighted by molar-refractivity contribution is -0.131. The van der Waals surface area contributed by atoms with Crippen LogP contribution in [-0.2, 0) is 14.8 Å². The Balaban J connectivity index is 2.15. The zero-order valence-electron chi connectivity index (χ0n) is 15.4. The van der Waals surface area contributed by atoms with Crippen molar-refractivity contribution in [3.8, 4) is 5.75 Å². The molecule has 1 unspecified atom stereocenters. The summed E-state index contributed by atoms with van der Waals surface area (Å²) in [5.74, 6) is -0.849. The fourth-order valence-electron chi connectivity index (χ4n) is 2.23. The summed E-state index contributed by atoms with van der Waals surface area (Å²) in [6.07, 6.45) is 0.676. The van der Waals surface area contributed by atoms with Gasteiger partial charge in [0.15, 0.2) is 0 Å². The van der Waals surface area contributed by atoms with Crippen LogP contribution in [0.2, 0.25) is 0 Å². The Kier molecular flexibility index (Phi) is 6.70. The van der Waals surface area contributed by atoms with Crippen molar-refractivity contribution in [3.63, 3.8) is 0 Å². The van der Waals surface area contributed by atoms with E-state index < -0.39 is 21.9 Å². The molecule has 144 valence electrons. The first-order chi connectivity index (χ1) is 12.7. The number of benzene rings is 2. The summed E-state index contributed by atoms with van der Waals surface area (Å²) in [5, 5.41) is 2.66. The molecule has 0 aliphatic rings. The number of carbonyl (C=O) groups is 2. The minimum absolute atomic E-state index is 0.112. The van der Waals surface area contributed by atoms with Crippen molar-refractivity contribution in [2.24, 2.45) is 0 Å². The molecule has 0 bridgehead atoms. The second-order valence-corrected chi connectivity index (χ2v) is 7.71. The molecule has 7 nitrogen and oxygen atoms in total. The first-order valence-corrected chi connectivity index (χ1v) is 9.92. The van der Waals surface area contributed by atoms with Crippen molar-refractivity contribution in [2.75, 3.05) is 5.32 Å². The van der Waals surface area contributed by atoms with Crippen LogP contribution in [0.5, 0.6) is 5.75 Å². The first-order valence-electron chi connectivity index (χ1n) is 8.44. The number of para-hydroxylation sites is 1. The van der Waals surface area contributed by atoms with Crippen molar-refractivity contribution < 1.29 is 22.7 Å². The lowest BCUT2D eigenvalue weighted by Crippen LogP contribution is -2.31. The molecule has 0 spiro atoms. The maximum Gasteiger partial charge on any atom is 0.308 e. The summed E-state index contributed by atoms with van der Waals surface area (Å²) < 4.78 is 32.1. The molecule has 2 rings (SSSR count). The highest BCUT2D eigenvalue weighted by Gasteiger charge is 2.17. The van der Waals surface area contributed by atoms with Crippen LogP contribution in [-0.4, -0.2) is 26.3 Å². The molecule has 1 atom stereocenters. The summed E-state index contributed by atoms with van der Waals surface area (Å²) >= 11 is 0. The molecule has 0 radical (unpaired) electrons. The molecular weight excluding hydrogens is 368 g/mol. The average Bonchev–Trinajstić information content (AvgIpc) is 2.61. The number of sulfonamides is 1. The minimum Gasteiger partial charge on any atom is -0.426 e. The fraction of sp³-hybridized carbons (Fsp3) is 0.263. The molecule has 0 fully saturated rings. The molecule has 1 amide bonds. The van der Waals surface area contributed by atoms with Crippen LogP contribution in [0, 0.1) is 0 Å². The van der Waals surface area contributed by atoms with Gasteiger partial charge in [-0.15, -0.1) is 0 Å². The van der Waals surface area contributed by atoms with Crippen molar-refractivity contribution in [3.05, 3.63) is 54.1 Å². The average molecular weight is 390 g/mol. The number of ether oxygens (including phenoxy) is 1. The van der Waals surface area contributed by atoms with E-state index in [1.165, 1.54) is 43.3 Å². The summed E-state index contributed by atoms with van der Waals surface area (Å²) in [4.78, 5) is 23.7. The number of hydrogen-bond donors (Lipinski definition) is 2. The molecule has 27 heavy (non-hydrogen) atoms. The van der Waals surface area contributed by atoms with Gasteiger partial charge in [0.2, 0.25) is 10.0 Å². The highest BCUT2D eigenvalue weighted by molar-refractivity contribution is 7.89. The SMILES string of the molecule is CCC(C)NS(=O)(=O)c1ccc(NC(=O)c2ccccc2OC(C)=O)cc1. The Labute approximate surface area is 158 Å². The Morgan fingerprint density at radius 1 is 1.07 bits per heavy atom. The van der Waals surface area contributed by atoms with Crippen molar-refractivity contribution in [1.82, 2.24) is 4.72 Å². The third-order valence-electron chi connectivity index (χ3n) is 3.78. The molecule has 2 aromatic carbocycles. The van der Waals surface area contributed by atoms with Crippen LogP contribution in [0.4, 0.5) is 5.69 Å². The predicted molar refractivity (Wildman–Crippen MR) is 102 cm³/mol. The second kappa shape index (κ2) is 8.79. The lowest BCUT2D eigenvalue weighted by atomic mass is 10.2. The summed E-state index contributed by atoms with van der Waals surface area (Å²) in [6.45, 7) is 4.92. The number of rotatable bonds is 7. The Bertz CT molecular complexity index is 923. The van der Waals surface area contributed by atoms with Gasteiger partial charge >= 0.3 is 5.97 Å². The van der Waals surface area contributed by atoms with E-state index in [0.29, 0.717) is 12.1 Å². The largest absolute Gasteiger partial charge is 0.426 e. The van der Waals surface area contributed by atoms with Gasteiger partial charge in [-0.05, 0) is 49.7 Å². The van der Waals surface area contributed by atoms with Crippen molar-refractivity contribution in [1.29, 1.82) is 0 Å².